The molecule has 9 heteroatoms. The van der Waals surface area contributed by atoms with Gasteiger partial charge in [-0.15, -0.1) is 0 Å². The van der Waals surface area contributed by atoms with E-state index >= 15 is 0 Å². The van der Waals surface area contributed by atoms with Crippen molar-refractivity contribution >= 4 is 15.9 Å². The van der Waals surface area contributed by atoms with Crippen LogP contribution in [0.4, 0.5) is 8.78 Å². The summed E-state index contributed by atoms with van der Waals surface area (Å²) >= 11 is 0. The Bertz CT molecular complexity index is 1370. The Morgan fingerprint density at radius 1 is 1.03 bits per heavy atom. The zero-order valence-corrected chi connectivity index (χ0v) is 20.7. The molecule has 3 aromatic carbocycles. The second-order valence-electron chi connectivity index (χ2n) is 9.36. The third kappa shape index (κ3) is 5.91. The summed E-state index contributed by atoms with van der Waals surface area (Å²) in [6.45, 7) is 0.107. The summed E-state index contributed by atoms with van der Waals surface area (Å²) in [5.41, 5.74) is 6.64. The second kappa shape index (κ2) is 10.4. The molecule has 0 radical (unpaired) electrons. The van der Waals surface area contributed by atoms with Gasteiger partial charge in [-0.2, -0.15) is 0 Å². The van der Waals surface area contributed by atoms with Gasteiger partial charge in [0.1, 0.15) is 12.4 Å². The van der Waals surface area contributed by atoms with Gasteiger partial charge in [0, 0.05) is 17.2 Å². The Kier molecular flexibility index (Phi) is 7.42. The van der Waals surface area contributed by atoms with Crippen molar-refractivity contribution in [1.82, 2.24) is 4.72 Å². The van der Waals surface area contributed by atoms with Crippen LogP contribution in [0, 0.1) is 17.0 Å². The Labute approximate surface area is 209 Å². The number of ether oxygens (including phenoxy) is 1. The van der Waals surface area contributed by atoms with Gasteiger partial charge in [0.15, 0.2) is 11.6 Å². The van der Waals surface area contributed by atoms with E-state index in [0.717, 1.165) is 11.8 Å². The lowest BCUT2D eigenvalue weighted by atomic mass is 9.78. The second-order valence-corrected chi connectivity index (χ2v) is 11.1. The smallest absolute Gasteiger partial charge is 0.224 e. The maximum atomic E-state index is 15.0. The van der Waals surface area contributed by atoms with Crippen LogP contribution in [0.5, 0.6) is 5.75 Å². The summed E-state index contributed by atoms with van der Waals surface area (Å²) in [6, 6.07) is 17.5. The Morgan fingerprint density at radius 2 is 1.78 bits per heavy atom. The van der Waals surface area contributed by atoms with Crippen molar-refractivity contribution in [3.63, 3.8) is 0 Å². The van der Waals surface area contributed by atoms with Crippen molar-refractivity contribution in [2.24, 2.45) is 11.1 Å². The summed E-state index contributed by atoms with van der Waals surface area (Å²) in [7, 11) is -3.44. The number of hydrogen-bond donors (Lipinski definition) is 2. The van der Waals surface area contributed by atoms with E-state index in [-0.39, 0.29) is 36.3 Å². The minimum atomic E-state index is -3.44. The standard InChI is InChI=1S/C27H28F2N2O4S/c1-36(33,34)31-20-12-13-27(16-20,26(30)32)15-19-10-11-23(28)22(14-19)21-8-5-9-24(29)25(21)35-17-18-6-3-2-4-7-18/h2-11,14,20,31H,12-13,15-17H2,1H3,(H2,30,32)/t20?,27-/m1/s1. The molecule has 1 saturated carbocycles. The van der Waals surface area contributed by atoms with E-state index < -0.39 is 39.0 Å². The Hall–Kier alpha value is -3.30. The number of benzene rings is 3. The van der Waals surface area contributed by atoms with Crippen LogP contribution in [-0.2, 0) is 27.8 Å². The third-order valence-electron chi connectivity index (χ3n) is 6.57. The fourth-order valence-corrected chi connectivity index (χ4v) is 5.68. The minimum absolute atomic E-state index is 0.0692. The highest BCUT2D eigenvalue weighted by molar-refractivity contribution is 7.88. The Morgan fingerprint density at radius 3 is 2.47 bits per heavy atom. The van der Waals surface area contributed by atoms with Crippen molar-refractivity contribution in [2.75, 3.05) is 6.26 Å². The third-order valence-corrected chi connectivity index (χ3v) is 7.33. The number of amides is 1. The van der Waals surface area contributed by atoms with Gasteiger partial charge in [-0.05, 0) is 55.0 Å². The molecule has 0 spiro atoms. The molecule has 36 heavy (non-hydrogen) atoms. The number of halogens is 2. The number of carbonyl (C=O) groups excluding carboxylic acids is 1. The maximum Gasteiger partial charge on any atom is 0.224 e. The maximum absolute atomic E-state index is 15.0. The number of nitrogens with one attached hydrogen (secondary N) is 1. The van der Waals surface area contributed by atoms with E-state index in [1.54, 1.807) is 18.2 Å². The van der Waals surface area contributed by atoms with Crippen LogP contribution >= 0.6 is 0 Å². The van der Waals surface area contributed by atoms with E-state index in [9.17, 15) is 22.0 Å². The van der Waals surface area contributed by atoms with Gasteiger partial charge in [-0.1, -0.05) is 48.5 Å². The highest BCUT2D eigenvalue weighted by Crippen LogP contribution is 2.42. The van der Waals surface area contributed by atoms with Crippen molar-refractivity contribution in [2.45, 2.75) is 38.3 Å². The molecule has 0 heterocycles. The lowest BCUT2D eigenvalue weighted by molar-refractivity contribution is -0.127. The fourth-order valence-electron chi connectivity index (χ4n) is 4.88. The first-order valence-electron chi connectivity index (χ1n) is 11.6. The van der Waals surface area contributed by atoms with Crippen LogP contribution < -0.4 is 15.2 Å². The molecule has 0 saturated heterocycles. The van der Waals surface area contributed by atoms with Crippen molar-refractivity contribution < 1.29 is 26.7 Å². The van der Waals surface area contributed by atoms with Gasteiger partial charge in [0.25, 0.3) is 0 Å². The van der Waals surface area contributed by atoms with Crippen molar-refractivity contribution in [3.8, 4) is 16.9 Å². The summed E-state index contributed by atoms with van der Waals surface area (Å²) in [4.78, 5) is 12.5. The first-order valence-corrected chi connectivity index (χ1v) is 13.5. The molecule has 1 aliphatic rings. The van der Waals surface area contributed by atoms with Crippen molar-refractivity contribution in [3.05, 3.63) is 89.5 Å². The average Bonchev–Trinajstić information content (AvgIpc) is 3.22. The number of rotatable bonds is 9. The van der Waals surface area contributed by atoms with E-state index in [1.807, 2.05) is 30.3 Å². The first-order chi connectivity index (χ1) is 17.1. The number of para-hydroxylation sites is 1. The molecule has 1 amide bonds. The monoisotopic (exact) mass is 514 g/mol. The molecular weight excluding hydrogens is 486 g/mol. The summed E-state index contributed by atoms with van der Waals surface area (Å²) in [5.74, 6) is -1.79. The first kappa shape index (κ1) is 25.8. The lowest BCUT2D eigenvalue weighted by Crippen LogP contribution is -2.40. The Balaban J connectivity index is 1.63. The molecule has 3 N–H and O–H groups in total. The number of hydrogen-bond acceptors (Lipinski definition) is 4. The van der Waals surface area contributed by atoms with Crippen LogP contribution in [0.3, 0.4) is 0 Å². The average molecular weight is 515 g/mol. The number of carbonyl (C=O) groups is 1. The highest BCUT2D eigenvalue weighted by Gasteiger charge is 2.44. The molecule has 1 fully saturated rings. The van der Waals surface area contributed by atoms with Gasteiger partial charge >= 0.3 is 0 Å². The highest BCUT2D eigenvalue weighted by atomic mass is 32.2. The van der Waals surface area contributed by atoms with E-state index in [2.05, 4.69) is 4.72 Å². The zero-order valence-electron chi connectivity index (χ0n) is 19.8. The number of sulfonamides is 1. The molecule has 190 valence electrons. The molecule has 1 aliphatic carbocycles. The molecule has 4 rings (SSSR count). The molecule has 0 aromatic heterocycles. The predicted octanol–water partition coefficient (Wildman–Crippen LogP) is 4.33. The van der Waals surface area contributed by atoms with Crippen LogP contribution in [-0.4, -0.2) is 26.6 Å². The molecule has 2 atom stereocenters. The predicted molar refractivity (Wildman–Crippen MR) is 134 cm³/mol. The van der Waals surface area contributed by atoms with Crippen LogP contribution in [0.1, 0.15) is 30.4 Å². The molecular formula is C27H28F2N2O4S. The zero-order chi connectivity index (χ0) is 25.9. The number of nitrogens with two attached hydrogens (primary N) is 1. The SMILES string of the molecule is CS(=O)(=O)NC1CC[C@](Cc2ccc(F)c(-c3cccc(F)c3OCc3ccccc3)c2)(C(N)=O)C1. The van der Waals surface area contributed by atoms with Gasteiger partial charge in [-0.3, -0.25) is 4.79 Å². The lowest BCUT2D eigenvalue weighted by Gasteiger charge is -2.26. The topological polar surface area (TPSA) is 98.5 Å². The van der Waals surface area contributed by atoms with Crippen LogP contribution in [0.25, 0.3) is 11.1 Å². The van der Waals surface area contributed by atoms with Crippen LogP contribution in [0.15, 0.2) is 66.7 Å². The normalized spacial score (nSPS) is 19.8. The quantitative estimate of drug-likeness (QED) is 0.444. The molecule has 3 aromatic rings. The fraction of sp³-hybridized carbons (Fsp3) is 0.296. The van der Waals surface area contributed by atoms with Gasteiger partial charge in [-0.25, -0.2) is 21.9 Å². The largest absolute Gasteiger partial charge is 0.485 e. The molecule has 6 nitrogen and oxygen atoms in total. The van der Waals surface area contributed by atoms with Crippen LogP contribution in [0.2, 0.25) is 0 Å². The summed E-state index contributed by atoms with van der Waals surface area (Å²) in [5, 5.41) is 0. The summed E-state index contributed by atoms with van der Waals surface area (Å²) < 4.78 is 61.4. The minimum Gasteiger partial charge on any atom is -0.485 e. The van der Waals surface area contributed by atoms with Gasteiger partial charge in [0.05, 0.1) is 11.7 Å². The molecule has 1 unspecified atom stereocenters. The van der Waals surface area contributed by atoms with E-state index in [0.29, 0.717) is 18.4 Å². The van der Waals surface area contributed by atoms with E-state index in [4.69, 9.17) is 10.5 Å². The van der Waals surface area contributed by atoms with E-state index in [1.165, 1.54) is 18.2 Å². The molecule has 0 aliphatic heterocycles. The number of primary amides is 1. The van der Waals surface area contributed by atoms with Gasteiger partial charge in [0.2, 0.25) is 15.9 Å². The molecule has 0 bridgehead atoms. The summed E-state index contributed by atoms with van der Waals surface area (Å²) in [6.07, 6.45) is 2.37. The van der Waals surface area contributed by atoms with Gasteiger partial charge < -0.3 is 10.5 Å². The van der Waals surface area contributed by atoms with Crippen molar-refractivity contribution in [1.29, 1.82) is 0 Å².